The van der Waals surface area contributed by atoms with Gasteiger partial charge >= 0.3 is 0 Å². The van der Waals surface area contributed by atoms with Gasteiger partial charge in [0, 0.05) is 34.2 Å². The topological polar surface area (TPSA) is 55.2 Å². The fourth-order valence-corrected chi connectivity index (χ4v) is 2.56. The van der Waals surface area contributed by atoms with E-state index in [1.165, 1.54) is 6.07 Å². The average Bonchev–Trinajstić information content (AvgIpc) is 2.48. The molecule has 0 amide bonds. The molecule has 6 heteroatoms. The lowest BCUT2D eigenvalue weighted by Crippen LogP contribution is -2.18. The van der Waals surface area contributed by atoms with Crippen LogP contribution in [0.15, 0.2) is 46.9 Å². The Hall–Kier alpha value is -1.43. The molecule has 2 rings (SSSR count). The number of nitro benzene ring substituents is 1. The summed E-state index contributed by atoms with van der Waals surface area (Å²) in [5, 5.41) is 14.8. The smallest absolute Gasteiger partial charge is 0.269 e. The van der Waals surface area contributed by atoms with Gasteiger partial charge in [-0.2, -0.15) is 0 Å². The van der Waals surface area contributed by atoms with Gasteiger partial charge in [0.2, 0.25) is 0 Å². The van der Waals surface area contributed by atoms with Crippen LogP contribution in [0.25, 0.3) is 0 Å². The molecule has 2 aromatic rings. The van der Waals surface area contributed by atoms with E-state index in [1.54, 1.807) is 12.1 Å². The standard InChI is InChI=1S/C15H14BrClN2O2/c1-10(11-3-2-4-14(8-11)19(20)21)18-9-12-7-13(16)5-6-15(12)17/h2-8,10,18H,9H2,1H3. The second kappa shape index (κ2) is 7.02. The molecule has 0 spiro atoms. The van der Waals surface area contributed by atoms with Crippen LogP contribution in [-0.4, -0.2) is 4.92 Å². The minimum atomic E-state index is -0.388. The summed E-state index contributed by atoms with van der Waals surface area (Å²) < 4.78 is 0.965. The molecule has 1 atom stereocenters. The van der Waals surface area contributed by atoms with Crippen molar-refractivity contribution < 1.29 is 4.92 Å². The van der Waals surface area contributed by atoms with Crippen molar-refractivity contribution in [3.8, 4) is 0 Å². The highest BCUT2D eigenvalue weighted by Gasteiger charge is 2.11. The van der Waals surface area contributed by atoms with E-state index in [2.05, 4.69) is 21.2 Å². The van der Waals surface area contributed by atoms with Gasteiger partial charge in [-0.05, 0) is 36.2 Å². The second-order valence-corrected chi connectivity index (χ2v) is 6.01. The predicted molar refractivity (Wildman–Crippen MR) is 87.5 cm³/mol. The second-order valence-electron chi connectivity index (χ2n) is 4.69. The third kappa shape index (κ3) is 4.27. The highest BCUT2D eigenvalue weighted by atomic mass is 79.9. The van der Waals surface area contributed by atoms with Crippen LogP contribution in [0, 0.1) is 10.1 Å². The molecule has 0 saturated carbocycles. The largest absolute Gasteiger partial charge is 0.306 e. The van der Waals surface area contributed by atoms with Crippen molar-refractivity contribution >= 4 is 33.2 Å². The lowest BCUT2D eigenvalue weighted by Gasteiger charge is -2.15. The van der Waals surface area contributed by atoms with E-state index >= 15 is 0 Å². The molecule has 4 nitrogen and oxygen atoms in total. The van der Waals surface area contributed by atoms with Crippen LogP contribution in [0.4, 0.5) is 5.69 Å². The van der Waals surface area contributed by atoms with E-state index in [0.29, 0.717) is 11.6 Å². The minimum Gasteiger partial charge on any atom is -0.306 e. The Balaban J connectivity index is 2.08. The summed E-state index contributed by atoms with van der Waals surface area (Å²) in [4.78, 5) is 10.4. The Morgan fingerprint density at radius 1 is 1.33 bits per heavy atom. The fourth-order valence-electron chi connectivity index (χ4n) is 1.97. The number of nitro groups is 1. The number of hydrogen-bond donors (Lipinski definition) is 1. The normalized spacial score (nSPS) is 12.1. The molecule has 0 fully saturated rings. The summed E-state index contributed by atoms with van der Waals surface area (Å²) in [7, 11) is 0. The maximum Gasteiger partial charge on any atom is 0.269 e. The van der Waals surface area contributed by atoms with E-state index in [9.17, 15) is 10.1 Å². The molecule has 0 saturated heterocycles. The van der Waals surface area contributed by atoms with Crippen LogP contribution in [0.3, 0.4) is 0 Å². The van der Waals surface area contributed by atoms with E-state index in [4.69, 9.17) is 11.6 Å². The van der Waals surface area contributed by atoms with Crippen LogP contribution >= 0.6 is 27.5 Å². The highest BCUT2D eigenvalue weighted by molar-refractivity contribution is 9.10. The van der Waals surface area contributed by atoms with Crippen molar-refractivity contribution in [1.29, 1.82) is 0 Å². The number of rotatable bonds is 5. The number of benzene rings is 2. The molecular weight excluding hydrogens is 356 g/mol. The van der Waals surface area contributed by atoms with Gasteiger partial charge in [-0.15, -0.1) is 0 Å². The zero-order valence-corrected chi connectivity index (χ0v) is 13.7. The monoisotopic (exact) mass is 368 g/mol. The van der Waals surface area contributed by atoms with E-state index in [0.717, 1.165) is 15.6 Å². The van der Waals surface area contributed by atoms with Gasteiger partial charge in [0.05, 0.1) is 4.92 Å². The van der Waals surface area contributed by atoms with Crippen LogP contribution in [0.1, 0.15) is 24.1 Å². The molecule has 0 bridgehead atoms. The van der Waals surface area contributed by atoms with Crippen molar-refractivity contribution in [3.63, 3.8) is 0 Å². The zero-order chi connectivity index (χ0) is 15.4. The Kier molecular flexibility index (Phi) is 5.33. The Labute approximate surface area is 136 Å². The summed E-state index contributed by atoms with van der Waals surface area (Å²) in [6.45, 7) is 2.55. The van der Waals surface area contributed by atoms with E-state index < -0.39 is 0 Å². The van der Waals surface area contributed by atoms with E-state index in [1.807, 2.05) is 31.2 Å². The summed E-state index contributed by atoms with van der Waals surface area (Å²) in [6.07, 6.45) is 0. The summed E-state index contributed by atoms with van der Waals surface area (Å²) in [6, 6.07) is 12.3. The Morgan fingerprint density at radius 2 is 2.10 bits per heavy atom. The highest BCUT2D eigenvalue weighted by Crippen LogP contribution is 2.23. The first-order valence-corrected chi connectivity index (χ1v) is 7.56. The van der Waals surface area contributed by atoms with Gasteiger partial charge in [-0.3, -0.25) is 10.1 Å². The number of nitrogens with one attached hydrogen (secondary N) is 1. The maximum absolute atomic E-state index is 10.8. The first-order valence-electron chi connectivity index (χ1n) is 6.39. The molecule has 0 aliphatic rings. The van der Waals surface area contributed by atoms with Crippen LogP contribution in [0.2, 0.25) is 5.02 Å². The van der Waals surface area contributed by atoms with Crippen LogP contribution < -0.4 is 5.32 Å². The molecule has 0 heterocycles. The molecule has 1 N–H and O–H groups in total. The van der Waals surface area contributed by atoms with Gasteiger partial charge in [0.1, 0.15) is 0 Å². The van der Waals surface area contributed by atoms with Gasteiger partial charge in [-0.1, -0.05) is 39.7 Å². The lowest BCUT2D eigenvalue weighted by molar-refractivity contribution is -0.384. The molecule has 0 radical (unpaired) electrons. The average molecular weight is 370 g/mol. The molecule has 2 aromatic carbocycles. The maximum atomic E-state index is 10.8. The minimum absolute atomic E-state index is 0.0139. The van der Waals surface area contributed by atoms with Gasteiger partial charge < -0.3 is 5.32 Å². The Morgan fingerprint density at radius 3 is 2.81 bits per heavy atom. The summed E-state index contributed by atoms with van der Waals surface area (Å²) >= 11 is 9.55. The van der Waals surface area contributed by atoms with Crippen molar-refractivity contribution in [2.24, 2.45) is 0 Å². The van der Waals surface area contributed by atoms with Crippen molar-refractivity contribution in [3.05, 3.63) is 73.2 Å². The van der Waals surface area contributed by atoms with E-state index in [-0.39, 0.29) is 16.7 Å². The van der Waals surface area contributed by atoms with Crippen molar-refractivity contribution in [1.82, 2.24) is 5.32 Å². The third-order valence-corrected chi connectivity index (χ3v) is 4.05. The Bertz CT molecular complexity index is 664. The molecule has 0 aromatic heterocycles. The molecule has 110 valence electrons. The number of non-ortho nitro benzene ring substituents is 1. The first-order chi connectivity index (χ1) is 9.97. The molecule has 21 heavy (non-hydrogen) atoms. The fraction of sp³-hybridized carbons (Fsp3) is 0.200. The van der Waals surface area contributed by atoms with Crippen LogP contribution in [-0.2, 0) is 6.54 Å². The SMILES string of the molecule is CC(NCc1cc(Br)ccc1Cl)c1cccc([N+](=O)[O-])c1. The van der Waals surface area contributed by atoms with Gasteiger partial charge in [0.25, 0.3) is 5.69 Å². The number of hydrogen-bond acceptors (Lipinski definition) is 3. The zero-order valence-electron chi connectivity index (χ0n) is 11.3. The van der Waals surface area contributed by atoms with Crippen LogP contribution in [0.5, 0.6) is 0 Å². The molecular formula is C15H14BrClN2O2. The predicted octanol–water partition coefficient (Wildman–Crippen LogP) is 4.86. The van der Waals surface area contributed by atoms with Gasteiger partial charge in [-0.25, -0.2) is 0 Å². The quantitative estimate of drug-likeness (QED) is 0.605. The van der Waals surface area contributed by atoms with Gasteiger partial charge in [0.15, 0.2) is 0 Å². The number of halogens is 2. The molecule has 0 aliphatic heterocycles. The first kappa shape index (κ1) is 15.9. The summed E-state index contributed by atoms with van der Waals surface area (Å²) in [5.41, 5.74) is 1.94. The molecule has 1 unspecified atom stereocenters. The number of nitrogens with zero attached hydrogens (tertiary/aromatic N) is 1. The third-order valence-electron chi connectivity index (χ3n) is 3.19. The van der Waals surface area contributed by atoms with Crippen molar-refractivity contribution in [2.45, 2.75) is 19.5 Å². The lowest BCUT2D eigenvalue weighted by atomic mass is 10.1. The summed E-state index contributed by atoms with van der Waals surface area (Å²) in [5.74, 6) is 0. The molecule has 0 aliphatic carbocycles. The van der Waals surface area contributed by atoms with Crippen molar-refractivity contribution in [2.75, 3.05) is 0 Å².